The molecule has 3 aromatic rings. The first-order valence-corrected chi connectivity index (χ1v) is 8.28. The number of ether oxygens (including phenoxy) is 1. The SMILES string of the molecule is COC(=O)c1ccc(NC(=O)c2ccnc(Nc3ccc(Cl)cc3)n2)cc1. The van der Waals surface area contributed by atoms with Gasteiger partial charge in [0.25, 0.3) is 5.91 Å². The van der Waals surface area contributed by atoms with E-state index in [4.69, 9.17) is 11.6 Å². The molecule has 3 rings (SSSR count). The molecule has 7 nitrogen and oxygen atoms in total. The Morgan fingerprint density at radius 1 is 0.963 bits per heavy atom. The van der Waals surface area contributed by atoms with Crippen molar-refractivity contribution in [3.05, 3.63) is 77.1 Å². The summed E-state index contributed by atoms with van der Waals surface area (Å²) in [5.74, 6) is -0.560. The largest absolute Gasteiger partial charge is 0.465 e. The predicted molar refractivity (Wildman–Crippen MR) is 103 cm³/mol. The maximum absolute atomic E-state index is 12.4. The van der Waals surface area contributed by atoms with E-state index in [1.165, 1.54) is 19.4 Å². The van der Waals surface area contributed by atoms with Crippen molar-refractivity contribution in [1.82, 2.24) is 9.97 Å². The molecular weight excluding hydrogens is 368 g/mol. The van der Waals surface area contributed by atoms with E-state index < -0.39 is 11.9 Å². The number of nitrogens with zero attached hydrogens (tertiary/aromatic N) is 2. The molecule has 0 unspecified atom stereocenters. The second kappa shape index (κ2) is 8.29. The molecule has 1 aromatic heterocycles. The summed E-state index contributed by atoms with van der Waals surface area (Å²) in [5.41, 5.74) is 1.86. The number of esters is 1. The van der Waals surface area contributed by atoms with Crippen LogP contribution in [0.5, 0.6) is 0 Å². The first kappa shape index (κ1) is 18.3. The fourth-order valence-corrected chi connectivity index (χ4v) is 2.34. The molecular formula is C19H15ClN4O3. The molecule has 0 fully saturated rings. The highest BCUT2D eigenvalue weighted by Gasteiger charge is 2.11. The predicted octanol–water partition coefficient (Wildman–Crippen LogP) is 3.91. The number of aromatic nitrogens is 2. The van der Waals surface area contributed by atoms with E-state index in [1.807, 2.05) is 0 Å². The Hall–Kier alpha value is -3.45. The van der Waals surface area contributed by atoms with E-state index in [1.54, 1.807) is 48.5 Å². The summed E-state index contributed by atoms with van der Waals surface area (Å²) in [7, 11) is 1.31. The van der Waals surface area contributed by atoms with Gasteiger partial charge in [-0.05, 0) is 54.6 Å². The average Bonchev–Trinajstić information content (AvgIpc) is 2.70. The number of hydrogen-bond acceptors (Lipinski definition) is 6. The standard InChI is InChI=1S/C19H15ClN4O3/c1-27-18(26)12-2-6-14(7-3-12)22-17(25)16-10-11-21-19(24-16)23-15-8-4-13(20)5-9-15/h2-11H,1H3,(H,22,25)(H,21,23,24). The number of rotatable bonds is 5. The number of methoxy groups -OCH3 is 1. The monoisotopic (exact) mass is 382 g/mol. The highest BCUT2D eigenvalue weighted by molar-refractivity contribution is 6.30. The van der Waals surface area contributed by atoms with Crippen LogP contribution in [0.1, 0.15) is 20.8 Å². The van der Waals surface area contributed by atoms with Gasteiger partial charge in [0.2, 0.25) is 5.95 Å². The third-order valence-electron chi connectivity index (χ3n) is 3.55. The number of carbonyl (C=O) groups is 2. The van der Waals surface area contributed by atoms with E-state index in [9.17, 15) is 9.59 Å². The first-order valence-electron chi connectivity index (χ1n) is 7.90. The summed E-state index contributed by atoms with van der Waals surface area (Å²) in [6.45, 7) is 0. The maximum atomic E-state index is 12.4. The van der Waals surface area contributed by atoms with Crippen LogP contribution < -0.4 is 10.6 Å². The van der Waals surface area contributed by atoms with E-state index in [0.717, 1.165) is 5.69 Å². The van der Waals surface area contributed by atoms with Gasteiger partial charge in [0.15, 0.2) is 0 Å². The Morgan fingerprint density at radius 3 is 2.30 bits per heavy atom. The third kappa shape index (κ3) is 4.80. The average molecular weight is 383 g/mol. The molecule has 1 heterocycles. The highest BCUT2D eigenvalue weighted by atomic mass is 35.5. The van der Waals surface area contributed by atoms with Crippen LogP contribution in [0.4, 0.5) is 17.3 Å². The molecule has 0 radical (unpaired) electrons. The summed E-state index contributed by atoms with van der Waals surface area (Å²) in [6, 6.07) is 14.9. The van der Waals surface area contributed by atoms with Gasteiger partial charge in [-0.1, -0.05) is 11.6 Å². The fraction of sp³-hybridized carbons (Fsp3) is 0.0526. The van der Waals surface area contributed by atoms with Crippen LogP contribution in [-0.4, -0.2) is 29.0 Å². The lowest BCUT2D eigenvalue weighted by atomic mass is 10.2. The summed E-state index contributed by atoms with van der Waals surface area (Å²) in [4.78, 5) is 32.1. The maximum Gasteiger partial charge on any atom is 0.337 e. The summed E-state index contributed by atoms with van der Waals surface area (Å²) in [5, 5.41) is 6.34. The molecule has 0 bridgehead atoms. The van der Waals surface area contributed by atoms with Gasteiger partial charge in [-0.2, -0.15) is 0 Å². The number of anilines is 3. The minimum atomic E-state index is -0.443. The zero-order valence-electron chi connectivity index (χ0n) is 14.3. The number of halogens is 1. The number of nitrogens with one attached hydrogen (secondary N) is 2. The van der Waals surface area contributed by atoms with E-state index in [0.29, 0.717) is 16.3 Å². The molecule has 0 spiro atoms. The van der Waals surface area contributed by atoms with Gasteiger partial charge in [0.1, 0.15) is 5.69 Å². The molecule has 0 saturated carbocycles. The molecule has 2 N–H and O–H groups in total. The number of amides is 1. The van der Waals surface area contributed by atoms with Crippen LogP contribution in [0.2, 0.25) is 5.02 Å². The van der Waals surface area contributed by atoms with Gasteiger partial charge in [-0.15, -0.1) is 0 Å². The van der Waals surface area contributed by atoms with E-state index in [2.05, 4.69) is 25.3 Å². The lowest BCUT2D eigenvalue weighted by molar-refractivity contribution is 0.0600. The summed E-state index contributed by atoms with van der Waals surface area (Å²) in [6.07, 6.45) is 1.49. The number of hydrogen-bond donors (Lipinski definition) is 2. The molecule has 1 amide bonds. The van der Waals surface area contributed by atoms with Crippen LogP contribution in [0.3, 0.4) is 0 Å². The number of carbonyl (C=O) groups excluding carboxylic acids is 2. The molecule has 27 heavy (non-hydrogen) atoms. The lowest BCUT2D eigenvalue weighted by Gasteiger charge is -2.08. The molecule has 8 heteroatoms. The first-order chi connectivity index (χ1) is 13.0. The number of benzene rings is 2. The Bertz CT molecular complexity index is 959. The van der Waals surface area contributed by atoms with Crippen molar-refractivity contribution in [3.8, 4) is 0 Å². The van der Waals surface area contributed by atoms with Crippen LogP contribution in [0, 0.1) is 0 Å². The van der Waals surface area contributed by atoms with Gasteiger partial charge < -0.3 is 15.4 Å². The Morgan fingerprint density at radius 2 is 1.63 bits per heavy atom. The van der Waals surface area contributed by atoms with Gasteiger partial charge in [-0.25, -0.2) is 14.8 Å². The molecule has 2 aromatic carbocycles. The zero-order chi connectivity index (χ0) is 19.2. The minimum absolute atomic E-state index is 0.193. The van der Waals surface area contributed by atoms with Crippen molar-refractivity contribution in [3.63, 3.8) is 0 Å². The van der Waals surface area contributed by atoms with Crippen molar-refractivity contribution in [2.45, 2.75) is 0 Å². The Kier molecular flexibility index (Phi) is 5.63. The van der Waals surface area contributed by atoms with Crippen LogP contribution in [0.15, 0.2) is 60.8 Å². The topological polar surface area (TPSA) is 93.2 Å². The molecule has 0 atom stereocenters. The van der Waals surface area contributed by atoms with Gasteiger partial charge in [0.05, 0.1) is 12.7 Å². The Labute approximate surface area is 160 Å². The van der Waals surface area contributed by atoms with Crippen molar-refractivity contribution < 1.29 is 14.3 Å². The molecule has 0 saturated heterocycles. The van der Waals surface area contributed by atoms with Crippen molar-refractivity contribution >= 4 is 40.8 Å². The van der Waals surface area contributed by atoms with Gasteiger partial charge >= 0.3 is 5.97 Å². The van der Waals surface area contributed by atoms with Gasteiger partial charge in [0, 0.05) is 22.6 Å². The van der Waals surface area contributed by atoms with Crippen molar-refractivity contribution in [2.24, 2.45) is 0 Å². The smallest absolute Gasteiger partial charge is 0.337 e. The van der Waals surface area contributed by atoms with Crippen LogP contribution >= 0.6 is 11.6 Å². The van der Waals surface area contributed by atoms with Crippen molar-refractivity contribution in [2.75, 3.05) is 17.7 Å². The fourth-order valence-electron chi connectivity index (χ4n) is 2.21. The van der Waals surface area contributed by atoms with Crippen molar-refractivity contribution in [1.29, 1.82) is 0 Å². The summed E-state index contributed by atoms with van der Waals surface area (Å²) >= 11 is 5.86. The Balaban J connectivity index is 1.69. The van der Waals surface area contributed by atoms with Crippen LogP contribution in [-0.2, 0) is 4.74 Å². The normalized spacial score (nSPS) is 10.1. The molecule has 0 aliphatic rings. The minimum Gasteiger partial charge on any atom is -0.465 e. The quantitative estimate of drug-likeness (QED) is 0.650. The second-order valence-electron chi connectivity index (χ2n) is 5.42. The second-order valence-corrected chi connectivity index (χ2v) is 5.86. The lowest BCUT2D eigenvalue weighted by Crippen LogP contribution is -2.15. The van der Waals surface area contributed by atoms with E-state index in [-0.39, 0.29) is 11.6 Å². The van der Waals surface area contributed by atoms with Gasteiger partial charge in [-0.3, -0.25) is 4.79 Å². The summed E-state index contributed by atoms with van der Waals surface area (Å²) < 4.78 is 4.64. The third-order valence-corrected chi connectivity index (χ3v) is 3.80. The van der Waals surface area contributed by atoms with Crippen LogP contribution in [0.25, 0.3) is 0 Å². The molecule has 0 aliphatic carbocycles. The molecule has 136 valence electrons. The van der Waals surface area contributed by atoms with E-state index >= 15 is 0 Å². The highest BCUT2D eigenvalue weighted by Crippen LogP contribution is 2.17. The zero-order valence-corrected chi connectivity index (χ0v) is 15.0. The molecule has 0 aliphatic heterocycles.